The van der Waals surface area contributed by atoms with Crippen LogP contribution in [0, 0.1) is 10.8 Å². The molecule has 0 radical (unpaired) electrons. The van der Waals surface area contributed by atoms with Gasteiger partial charge in [0.1, 0.15) is 5.41 Å². The van der Waals surface area contributed by atoms with Crippen molar-refractivity contribution in [2.45, 2.75) is 65.3 Å². The fourth-order valence-corrected chi connectivity index (χ4v) is 4.04. The molecule has 4 nitrogen and oxygen atoms in total. The van der Waals surface area contributed by atoms with Crippen LogP contribution >= 0.6 is 0 Å². The molecule has 1 aliphatic carbocycles. The number of esters is 2. The predicted octanol–water partition coefficient (Wildman–Crippen LogP) is 3.43. The van der Waals surface area contributed by atoms with E-state index < -0.39 is 37.2 Å². The van der Waals surface area contributed by atoms with Crippen molar-refractivity contribution in [2.75, 3.05) is 0 Å². The van der Waals surface area contributed by atoms with E-state index in [4.69, 9.17) is 9.16 Å². The summed E-state index contributed by atoms with van der Waals surface area (Å²) in [7, 11) is -2.05. The first-order chi connectivity index (χ1) is 9.36. The largest absolute Gasteiger partial charge is 0.409 e. The fourth-order valence-electron chi connectivity index (χ4n) is 2.74. The number of fused-ring (bicyclic) bond motifs is 1. The summed E-state index contributed by atoms with van der Waals surface area (Å²) >= 11 is 0. The maximum atomic E-state index is 12.4. The Hall–Kier alpha value is -0.943. The normalized spacial score (nSPS) is 36.6. The van der Waals surface area contributed by atoms with Crippen LogP contribution in [-0.2, 0) is 18.8 Å². The number of allylic oxidation sites excluding steroid dienone is 1. The highest BCUT2D eigenvalue weighted by Crippen LogP contribution is 2.56. The second-order valence-electron chi connectivity index (χ2n) is 8.14. The van der Waals surface area contributed by atoms with Gasteiger partial charge in [0.15, 0.2) is 8.32 Å². The third kappa shape index (κ3) is 2.13. The van der Waals surface area contributed by atoms with E-state index in [2.05, 4.69) is 33.9 Å². The van der Waals surface area contributed by atoms with Crippen molar-refractivity contribution < 1.29 is 18.8 Å². The summed E-state index contributed by atoms with van der Waals surface area (Å²) in [6, 6.07) is 0. The molecule has 0 bridgehead atoms. The number of hydrogen-bond acceptors (Lipinski definition) is 4. The minimum absolute atomic E-state index is 0.0393. The predicted molar refractivity (Wildman–Crippen MR) is 83.1 cm³/mol. The maximum Gasteiger partial charge on any atom is 0.323 e. The number of carbonyl (C=O) groups excluding carboxylic acids is 2. The molecule has 0 aromatic carbocycles. The van der Waals surface area contributed by atoms with Crippen molar-refractivity contribution >= 4 is 20.3 Å². The first-order valence-corrected chi connectivity index (χ1v) is 10.4. The quantitative estimate of drug-likeness (QED) is 0.339. The van der Waals surface area contributed by atoms with Crippen molar-refractivity contribution in [2.24, 2.45) is 10.8 Å². The number of hydrogen-bond donors (Lipinski definition) is 0. The lowest BCUT2D eigenvalue weighted by Crippen LogP contribution is -2.55. The first-order valence-electron chi connectivity index (χ1n) is 7.47. The van der Waals surface area contributed by atoms with Gasteiger partial charge >= 0.3 is 11.9 Å². The van der Waals surface area contributed by atoms with Gasteiger partial charge in [-0.3, -0.25) is 9.59 Å². The molecule has 1 fully saturated rings. The average molecular weight is 310 g/mol. The van der Waals surface area contributed by atoms with Crippen LogP contribution in [0.1, 0.15) is 41.0 Å². The van der Waals surface area contributed by atoms with E-state index in [0.29, 0.717) is 6.42 Å². The molecule has 0 aromatic rings. The fraction of sp³-hybridized carbons (Fsp3) is 0.750. The van der Waals surface area contributed by atoms with Crippen LogP contribution in [0.15, 0.2) is 12.2 Å². The summed E-state index contributed by atoms with van der Waals surface area (Å²) < 4.78 is 11.4. The van der Waals surface area contributed by atoms with Gasteiger partial charge in [-0.1, -0.05) is 32.9 Å². The molecule has 21 heavy (non-hydrogen) atoms. The van der Waals surface area contributed by atoms with E-state index >= 15 is 0 Å². The third-order valence-electron chi connectivity index (χ3n) is 5.84. The summed E-state index contributed by atoms with van der Waals surface area (Å²) in [5.74, 6) is -0.883. The van der Waals surface area contributed by atoms with Gasteiger partial charge < -0.3 is 9.16 Å². The Balaban J connectivity index is 2.42. The zero-order valence-electron chi connectivity index (χ0n) is 14.1. The highest BCUT2D eigenvalue weighted by Gasteiger charge is 2.67. The van der Waals surface area contributed by atoms with E-state index in [-0.39, 0.29) is 5.04 Å². The molecule has 0 aromatic heterocycles. The number of rotatable bonds is 2. The van der Waals surface area contributed by atoms with Crippen molar-refractivity contribution in [3.8, 4) is 0 Å². The lowest BCUT2D eigenvalue weighted by Gasteiger charge is -2.47. The SMILES string of the molecule is CC(C)(C)[Si](C)(C)O[C@H]1C=CC[C@]2(C)C(=O)OC(=O)[C@]12C. The van der Waals surface area contributed by atoms with Crippen LogP contribution in [0.4, 0.5) is 0 Å². The molecular weight excluding hydrogens is 284 g/mol. The minimum atomic E-state index is -2.05. The average Bonchev–Trinajstić information content (AvgIpc) is 2.49. The Morgan fingerprint density at radius 3 is 2.33 bits per heavy atom. The molecule has 0 spiro atoms. The van der Waals surface area contributed by atoms with Crippen molar-refractivity contribution in [3.63, 3.8) is 0 Å². The monoisotopic (exact) mass is 310 g/mol. The summed E-state index contributed by atoms with van der Waals surface area (Å²) in [6.45, 7) is 14.4. The lowest BCUT2D eigenvalue weighted by molar-refractivity contribution is -0.156. The van der Waals surface area contributed by atoms with E-state index in [1.807, 2.05) is 26.0 Å². The van der Waals surface area contributed by atoms with Gasteiger partial charge in [-0.25, -0.2) is 0 Å². The van der Waals surface area contributed by atoms with Gasteiger partial charge in [-0.15, -0.1) is 0 Å². The first kappa shape index (κ1) is 16.4. The molecule has 0 N–H and O–H groups in total. The molecule has 118 valence electrons. The number of ether oxygens (including phenoxy) is 1. The number of cyclic esters (lactones) is 2. The highest BCUT2D eigenvalue weighted by atomic mass is 28.4. The van der Waals surface area contributed by atoms with Crippen LogP contribution in [-0.4, -0.2) is 26.4 Å². The molecule has 0 unspecified atom stereocenters. The van der Waals surface area contributed by atoms with E-state index in [1.165, 1.54) is 0 Å². The molecule has 1 heterocycles. The second kappa shape index (κ2) is 4.52. The van der Waals surface area contributed by atoms with E-state index in [9.17, 15) is 9.59 Å². The van der Waals surface area contributed by atoms with E-state index in [1.54, 1.807) is 0 Å². The highest BCUT2D eigenvalue weighted by molar-refractivity contribution is 6.74. The molecule has 2 rings (SSSR count). The van der Waals surface area contributed by atoms with Gasteiger partial charge in [0.25, 0.3) is 0 Å². The minimum Gasteiger partial charge on any atom is -0.409 e. The van der Waals surface area contributed by atoms with Gasteiger partial charge in [-0.05, 0) is 38.4 Å². The second-order valence-corrected chi connectivity index (χ2v) is 12.9. The molecular formula is C16H26O4Si. The zero-order valence-corrected chi connectivity index (χ0v) is 15.1. The molecule has 1 aliphatic heterocycles. The van der Waals surface area contributed by atoms with Gasteiger partial charge in [-0.2, -0.15) is 0 Å². The van der Waals surface area contributed by atoms with Crippen LogP contribution in [0.25, 0.3) is 0 Å². The standard InChI is InChI=1S/C16H26O4Si/c1-14(2,3)21(6,7)20-11-9-8-10-15(4)12(17)19-13(18)16(11,15)5/h8-9,11H,10H2,1-7H3/t11-,15+,16-/m0/s1. The number of carbonyl (C=O) groups is 2. The molecule has 0 saturated carbocycles. The Labute approximate surface area is 128 Å². The van der Waals surface area contributed by atoms with Crippen LogP contribution < -0.4 is 0 Å². The van der Waals surface area contributed by atoms with E-state index in [0.717, 1.165) is 0 Å². The van der Waals surface area contributed by atoms with Crippen molar-refractivity contribution in [1.82, 2.24) is 0 Å². The van der Waals surface area contributed by atoms with Gasteiger partial charge in [0.2, 0.25) is 0 Å². The molecule has 0 amide bonds. The van der Waals surface area contributed by atoms with Crippen molar-refractivity contribution in [1.29, 1.82) is 0 Å². The zero-order chi connectivity index (χ0) is 16.3. The smallest absolute Gasteiger partial charge is 0.323 e. The van der Waals surface area contributed by atoms with Crippen molar-refractivity contribution in [3.05, 3.63) is 12.2 Å². The molecule has 2 aliphatic rings. The van der Waals surface area contributed by atoms with Gasteiger partial charge in [0, 0.05) is 0 Å². The summed E-state index contributed by atoms with van der Waals surface area (Å²) in [5, 5.41) is 0.0393. The molecule has 1 saturated heterocycles. The Kier molecular flexibility index (Phi) is 3.54. The Morgan fingerprint density at radius 1 is 1.24 bits per heavy atom. The molecule has 5 heteroatoms. The third-order valence-corrected chi connectivity index (χ3v) is 10.3. The topological polar surface area (TPSA) is 52.6 Å². The van der Waals surface area contributed by atoms with Crippen LogP contribution in [0.2, 0.25) is 18.1 Å². The summed E-state index contributed by atoms with van der Waals surface area (Å²) in [6.07, 6.45) is 3.99. The lowest BCUT2D eigenvalue weighted by atomic mass is 9.60. The summed E-state index contributed by atoms with van der Waals surface area (Å²) in [5.41, 5.74) is -1.76. The molecule has 3 atom stereocenters. The van der Waals surface area contributed by atoms with Crippen LogP contribution in [0.5, 0.6) is 0 Å². The Bertz CT molecular complexity index is 517. The maximum absolute atomic E-state index is 12.4. The summed E-state index contributed by atoms with van der Waals surface area (Å²) in [4.78, 5) is 24.5. The van der Waals surface area contributed by atoms with Crippen LogP contribution in [0.3, 0.4) is 0 Å². The Morgan fingerprint density at radius 2 is 1.81 bits per heavy atom. The van der Waals surface area contributed by atoms with Gasteiger partial charge in [0.05, 0.1) is 11.5 Å².